The minimum atomic E-state index is -1.23. The van der Waals surface area contributed by atoms with Crippen molar-refractivity contribution < 1.29 is 33.6 Å². The predicted octanol–water partition coefficient (Wildman–Crippen LogP) is 6.84. The molecule has 0 bridgehead atoms. The molecule has 1 amide bonds. The number of carbonyl (C=O) groups excluding carboxylic acids is 1. The van der Waals surface area contributed by atoms with Gasteiger partial charge in [-0.05, 0) is 55.5 Å². The van der Waals surface area contributed by atoms with Gasteiger partial charge in [0.05, 0.1) is 12.3 Å². The third kappa shape index (κ3) is 5.90. The number of ether oxygens (including phenoxy) is 4. The molecule has 1 aromatic heterocycles. The number of nitrogens with zero attached hydrogens (tertiary/aromatic N) is 2. The smallest absolute Gasteiger partial charge is 0.414 e. The predicted molar refractivity (Wildman–Crippen MR) is 165 cm³/mol. The first kappa shape index (κ1) is 29.0. The molecule has 4 aromatic rings. The topological polar surface area (TPSA) is 107 Å². The number of carbonyl (C=O) groups is 2. The van der Waals surface area contributed by atoms with Gasteiger partial charge in [0.2, 0.25) is 5.88 Å². The van der Waals surface area contributed by atoms with Gasteiger partial charge in [0.25, 0.3) is 0 Å². The van der Waals surface area contributed by atoms with Crippen LogP contribution in [0.25, 0.3) is 11.3 Å². The Morgan fingerprint density at radius 1 is 0.886 bits per heavy atom. The van der Waals surface area contributed by atoms with E-state index in [1.165, 1.54) is 0 Å². The van der Waals surface area contributed by atoms with Gasteiger partial charge in [-0.1, -0.05) is 66.7 Å². The number of aromatic carboxylic acids is 1. The van der Waals surface area contributed by atoms with E-state index in [0.29, 0.717) is 25.1 Å². The molecule has 6 rings (SSSR count). The molecule has 3 heterocycles. The van der Waals surface area contributed by atoms with E-state index in [1.54, 1.807) is 4.90 Å². The van der Waals surface area contributed by atoms with Crippen molar-refractivity contribution >= 4 is 17.7 Å². The van der Waals surface area contributed by atoms with E-state index in [-0.39, 0.29) is 48.9 Å². The zero-order valence-electron chi connectivity index (χ0n) is 25.0. The summed E-state index contributed by atoms with van der Waals surface area (Å²) in [5, 5.41) is 10.4. The molecule has 3 aromatic carbocycles. The quantitative estimate of drug-likeness (QED) is 0.248. The number of pyridine rings is 1. The van der Waals surface area contributed by atoms with Crippen molar-refractivity contribution in [1.29, 1.82) is 0 Å². The van der Waals surface area contributed by atoms with Crippen LogP contribution in [0.5, 0.6) is 17.4 Å². The Morgan fingerprint density at radius 2 is 1.55 bits per heavy atom. The van der Waals surface area contributed by atoms with Crippen LogP contribution in [0.3, 0.4) is 0 Å². The molecule has 0 atom stereocenters. The van der Waals surface area contributed by atoms with Crippen LogP contribution >= 0.6 is 0 Å². The van der Waals surface area contributed by atoms with Crippen LogP contribution in [0, 0.1) is 0 Å². The SMILES string of the molecule is CC(C)(C)OC(=O)N1CCc2c1ccc1c2CCOc2c-1nc(OCc1ccccc1)c(C(=O)O)c2OCc1ccccc1. The summed E-state index contributed by atoms with van der Waals surface area (Å²) >= 11 is 0. The highest BCUT2D eigenvalue weighted by atomic mass is 16.6. The summed E-state index contributed by atoms with van der Waals surface area (Å²) < 4.78 is 24.2. The van der Waals surface area contributed by atoms with Crippen molar-refractivity contribution in [3.8, 4) is 28.6 Å². The minimum absolute atomic E-state index is 0.0597. The first-order chi connectivity index (χ1) is 21.2. The largest absolute Gasteiger partial charge is 0.487 e. The van der Waals surface area contributed by atoms with E-state index in [0.717, 1.165) is 33.5 Å². The average molecular weight is 595 g/mol. The highest BCUT2D eigenvalue weighted by molar-refractivity contribution is 5.97. The summed E-state index contributed by atoms with van der Waals surface area (Å²) in [6.07, 6.45) is 0.797. The summed E-state index contributed by atoms with van der Waals surface area (Å²) in [6, 6.07) is 22.8. The fraction of sp³-hybridized carbons (Fsp3) is 0.286. The number of hydrogen-bond acceptors (Lipinski definition) is 7. The van der Waals surface area contributed by atoms with Gasteiger partial charge in [-0.25, -0.2) is 14.6 Å². The Balaban J connectivity index is 1.46. The summed E-state index contributed by atoms with van der Waals surface area (Å²) in [5.74, 6) is -0.971. The van der Waals surface area contributed by atoms with Gasteiger partial charge in [0.1, 0.15) is 24.5 Å². The Morgan fingerprint density at radius 3 is 2.18 bits per heavy atom. The van der Waals surface area contributed by atoms with Crippen LogP contribution in [0.2, 0.25) is 0 Å². The number of fused-ring (bicyclic) bond motifs is 5. The van der Waals surface area contributed by atoms with E-state index < -0.39 is 11.6 Å². The highest BCUT2D eigenvalue weighted by Crippen LogP contribution is 2.48. The van der Waals surface area contributed by atoms with Gasteiger partial charge in [0, 0.05) is 18.5 Å². The van der Waals surface area contributed by atoms with E-state index in [9.17, 15) is 14.7 Å². The first-order valence-electron chi connectivity index (χ1n) is 14.6. The fourth-order valence-electron chi connectivity index (χ4n) is 5.56. The van der Waals surface area contributed by atoms with Crippen molar-refractivity contribution in [3.63, 3.8) is 0 Å². The second-order valence-corrected chi connectivity index (χ2v) is 11.7. The van der Waals surface area contributed by atoms with E-state index in [4.69, 9.17) is 23.9 Å². The van der Waals surface area contributed by atoms with E-state index in [2.05, 4.69) is 0 Å². The molecule has 0 saturated heterocycles. The number of benzene rings is 3. The number of carboxylic acid groups (broad SMARTS) is 1. The van der Waals surface area contributed by atoms with Gasteiger partial charge in [-0.15, -0.1) is 0 Å². The Hall–Kier alpha value is -5.05. The third-order valence-corrected chi connectivity index (χ3v) is 7.48. The van der Waals surface area contributed by atoms with Crippen molar-refractivity contribution in [2.45, 2.75) is 52.4 Å². The molecule has 0 fully saturated rings. The molecule has 0 saturated carbocycles. The van der Waals surface area contributed by atoms with Crippen LogP contribution in [0.1, 0.15) is 53.4 Å². The molecular formula is C35H34N2O7. The van der Waals surface area contributed by atoms with Crippen LogP contribution in [-0.2, 0) is 30.8 Å². The van der Waals surface area contributed by atoms with Crippen LogP contribution in [0.4, 0.5) is 10.5 Å². The lowest BCUT2D eigenvalue weighted by Gasteiger charge is -2.25. The highest BCUT2D eigenvalue weighted by Gasteiger charge is 2.35. The summed E-state index contributed by atoms with van der Waals surface area (Å²) in [7, 11) is 0. The fourth-order valence-corrected chi connectivity index (χ4v) is 5.56. The summed E-state index contributed by atoms with van der Waals surface area (Å²) in [5.41, 5.74) is 4.95. The van der Waals surface area contributed by atoms with Gasteiger partial charge in [-0.2, -0.15) is 0 Å². The monoisotopic (exact) mass is 594 g/mol. The molecule has 0 spiro atoms. The maximum Gasteiger partial charge on any atom is 0.414 e. The first-order valence-corrected chi connectivity index (χ1v) is 14.6. The zero-order chi connectivity index (χ0) is 30.8. The Bertz CT molecular complexity index is 1700. The molecule has 44 heavy (non-hydrogen) atoms. The molecule has 9 heteroatoms. The molecule has 0 aliphatic carbocycles. The van der Waals surface area contributed by atoms with Crippen LogP contribution in [0.15, 0.2) is 72.8 Å². The number of rotatable bonds is 7. The van der Waals surface area contributed by atoms with E-state index in [1.807, 2.05) is 93.6 Å². The molecular weight excluding hydrogens is 560 g/mol. The number of anilines is 1. The third-order valence-electron chi connectivity index (χ3n) is 7.48. The second kappa shape index (κ2) is 11.9. The van der Waals surface area contributed by atoms with Crippen molar-refractivity contribution in [1.82, 2.24) is 4.98 Å². The van der Waals surface area contributed by atoms with Gasteiger partial charge in [-0.3, -0.25) is 4.90 Å². The maximum atomic E-state index is 13.0. The molecule has 2 aliphatic rings. The molecule has 0 unspecified atom stereocenters. The maximum absolute atomic E-state index is 13.0. The lowest BCUT2D eigenvalue weighted by Crippen LogP contribution is -2.35. The van der Waals surface area contributed by atoms with Crippen molar-refractivity contribution in [2.24, 2.45) is 0 Å². The standard InChI is InChI=1S/C35H34N2O7/c1-35(2,3)44-34(40)37-18-16-25-24-17-19-41-31-29(26(24)14-15-27(25)37)36-32(43-21-23-12-8-5-9-13-23)28(33(38)39)30(31)42-20-22-10-6-4-7-11-22/h4-15H,16-21H2,1-3H3,(H,38,39). The molecule has 1 N–H and O–H groups in total. The minimum Gasteiger partial charge on any atom is -0.487 e. The summed E-state index contributed by atoms with van der Waals surface area (Å²) in [6.45, 7) is 6.55. The molecule has 9 nitrogen and oxygen atoms in total. The average Bonchev–Trinajstić information content (AvgIpc) is 3.35. The van der Waals surface area contributed by atoms with Crippen molar-refractivity contribution in [3.05, 3.63) is 101 Å². The lowest BCUT2D eigenvalue weighted by molar-refractivity contribution is 0.0582. The molecule has 0 radical (unpaired) electrons. The van der Waals surface area contributed by atoms with Gasteiger partial charge < -0.3 is 24.1 Å². The second-order valence-electron chi connectivity index (χ2n) is 11.7. The molecule has 226 valence electrons. The summed E-state index contributed by atoms with van der Waals surface area (Å²) in [4.78, 5) is 32.2. The van der Waals surface area contributed by atoms with Crippen LogP contribution < -0.4 is 19.1 Å². The number of carboxylic acids is 1. The zero-order valence-corrected chi connectivity index (χ0v) is 25.0. The Labute approximate surface area is 256 Å². The number of amides is 1. The van der Waals surface area contributed by atoms with Crippen LogP contribution in [-0.4, -0.2) is 40.9 Å². The van der Waals surface area contributed by atoms with Crippen molar-refractivity contribution in [2.75, 3.05) is 18.1 Å². The normalized spacial score (nSPS) is 13.6. The number of hydrogen-bond donors (Lipinski definition) is 1. The van der Waals surface area contributed by atoms with Gasteiger partial charge in [0.15, 0.2) is 17.1 Å². The van der Waals surface area contributed by atoms with E-state index >= 15 is 0 Å². The number of aromatic nitrogens is 1. The van der Waals surface area contributed by atoms with Gasteiger partial charge >= 0.3 is 12.1 Å². The Kier molecular flexibility index (Phi) is 7.86. The lowest BCUT2D eigenvalue weighted by atomic mass is 9.94. The molecule has 2 aliphatic heterocycles.